The summed E-state index contributed by atoms with van der Waals surface area (Å²) in [5.74, 6) is 0.441. The molecule has 4 nitrogen and oxygen atoms in total. The highest BCUT2D eigenvalue weighted by atomic mass is 19.1. The van der Waals surface area contributed by atoms with Crippen LogP contribution in [0.4, 0.5) is 4.39 Å². The Morgan fingerprint density at radius 2 is 1.61 bits per heavy atom. The van der Waals surface area contributed by atoms with Gasteiger partial charge in [0.25, 0.3) is 0 Å². The van der Waals surface area contributed by atoms with Crippen molar-refractivity contribution >= 4 is 12.0 Å². The summed E-state index contributed by atoms with van der Waals surface area (Å²) in [4.78, 5) is 20.2. The summed E-state index contributed by atoms with van der Waals surface area (Å²) in [7, 11) is 0. The first-order chi connectivity index (χ1) is 16.1. The second kappa shape index (κ2) is 9.78. The van der Waals surface area contributed by atoms with Crippen molar-refractivity contribution < 1.29 is 9.18 Å². The molecule has 2 saturated heterocycles. The minimum atomic E-state index is -0.180. The van der Waals surface area contributed by atoms with Gasteiger partial charge in [-0.2, -0.15) is 0 Å². The lowest BCUT2D eigenvalue weighted by atomic mass is 9.90. The van der Waals surface area contributed by atoms with Crippen LogP contribution in [0.25, 0.3) is 6.08 Å². The van der Waals surface area contributed by atoms with Crippen LogP contribution in [0, 0.1) is 17.2 Å². The number of piperazine rings is 1. The van der Waals surface area contributed by atoms with Crippen molar-refractivity contribution in [2.75, 3.05) is 45.8 Å². The first-order valence-electron chi connectivity index (χ1n) is 12.3. The van der Waals surface area contributed by atoms with Crippen molar-refractivity contribution in [2.45, 2.75) is 25.8 Å². The van der Waals surface area contributed by atoms with Crippen molar-refractivity contribution in [1.29, 1.82) is 0 Å². The van der Waals surface area contributed by atoms with Crippen molar-refractivity contribution in [2.24, 2.45) is 11.3 Å². The van der Waals surface area contributed by atoms with Gasteiger partial charge < -0.3 is 4.90 Å². The molecule has 5 heteroatoms. The smallest absolute Gasteiger partial charge is 0.226 e. The zero-order valence-corrected chi connectivity index (χ0v) is 19.3. The molecule has 1 unspecified atom stereocenters. The fraction of sp³-hybridized carbons (Fsp3) is 0.464. The second-order valence-electron chi connectivity index (χ2n) is 9.96. The highest BCUT2D eigenvalue weighted by Gasteiger charge is 2.59. The van der Waals surface area contributed by atoms with Gasteiger partial charge in [0.1, 0.15) is 5.82 Å². The number of hydrogen-bond acceptors (Lipinski definition) is 3. The summed E-state index contributed by atoms with van der Waals surface area (Å²) in [5, 5.41) is 0. The molecule has 1 saturated carbocycles. The molecule has 1 amide bonds. The highest BCUT2D eigenvalue weighted by Crippen LogP contribution is 2.60. The van der Waals surface area contributed by atoms with Crippen LogP contribution in [-0.2, 0) is 11.3 Å². The molecule has 0 radical (unpaired) electrons. The number of amides is 1. The summed E-state index contributed by atoms with van der Waals surface area (Å²) < 4.78 is 13.1. The Balaban J connectivity index is 1.04. The van der Waals surface area contributed by atoms with Crippen LogP contribution >= 0.6 is 0 Å². The second-order valence-corrected chi connectivity index (χ2v) is 9.96. The Labute approximate surface area is 196 Å². The Morgan fingerprint density at radius 3 is 2.30 bits per heavy atom. The summed E-state index contributed by atoms with van der Waals surface area (Å²) in [6.45, 7) is 7.48. The number of nitrogens with zero attached hydrogens (tertiary/aromatic N) is 3. The summed E-state index contributed by atoms with van der Waals surface area (Å²) in [6, 6.07) is 17.2. The topological polar surface area (TPSA) is 26.8 Å². The van der Waals surface area contributed by atoms with Gasteiger partial charge in [0.05, 0.1) is 0 Å². The number of carbonyl (C=O) groups excluding carboxylic acids is 1. The van der Waals surface area contributed by atoms with Gasteiger partial charge in [-0.3, -0.25) is 14.6 Å². The lowest BCUT2D eigenvalue weighted by Crippen LogP contribution is -2.49. The summed E-state index contributed by atoms with van der Waals surface area (Å²) in [5.41, 5.74) is 2.63. The van der Waals surface area contributed by atoms with Gasteiger partial charge in [-0.15, -0.1) is 0 Å². The molecule has 2 aliphatic heterocycles. The SMILES string of the molecule is O=C(C1CC12CCN(Cc1ccc(F)cc1)CC2)N1CCN(C/C=C/c2ccccc2)CC1. The fourth-order valence-corrected chi connectivity index (χ4v) is 5.53. The van der Waals surface area contributed by atoms with E-state index < -0.39 is 0 Å². The number of likely N-dealkylation sites (tertiary alicyclic amines) is 1. The van der Waals surface area contributed by atoms with Crippen LogP contribution in [0.15, 0.2) is 60.7 Å². The molecule has 0 aromatic heterocycles. The molecule has 1 aliphatic carbocycles. The number of hydrogen-bond donors (Lipinski definition) is 0. The average Bonchev–Trinajstić information content (AvgIpc) is 3.56. The fourth-order valence-electron chi connectivity index (χ4n) is 5.53. The van der Waals surface area contributed by atoms with Crippen molar-refractivity contribution in [3.8, 4) is 0 Å². The Kier molecular flexibility index (Phi) is 6.61. The highest BCUT2D eigenvalue weighted by molar-refractivity contribution is 5.83. The normalized spacial score (nSPS) is 23.3. The molecule has 1 spiro atoms. The maximum absolute atomic E-state index is 13.2. The minimum absolute atomic E-state index is 0.180. The Morgan fingerprint density at radius 1 is 0.909 bits per heavy atom. The van der Waals surface area contributed by atoms with E-state index >= 15 is 0 Å². The molecule has 174 valence electrons. The number of benzene rings is 2. The van der Waals surface area contributed by atoms with E-state index in [-0.39, 0.29) is 17.2 Å². The Bertz CT molecular complexity index is 958. The van der Waals surface area contributed by atoms with Crippen molar-refractivity contribution in [3.63, 3.8) is 0 Å². The maximum atomic E-state index is 13.2. The third kappa shape index (κ3) is 5.36. The molecular formula is C28H34FN3O. The van der Waals surface area contributed by atoms with E-state index in [0.29, 0.717) is 5.91 Å². The molecule has 33 heavy (non-hydrogen) atoms. The largest absolute Gasteiger partial charge is 0.340 e. The maximum Gasteiger partial charge on any atom is 0.226 e. The van der Waals surface area contributed by atoms with Gasteiger partial charge in [0.2, 0.25) is 5.91 Å². The van der Waals surface area contributed by atoms with Crippen LogP contribution in [0.1, 0.15) is 30.4 Å². The van der Waals surface area contributed by atoms with Gasteiger partial charge in [-0.1, -0.05) is 54.6 Å². The number of carbonyl (C=O) groups is 1. The third-order valence-corrected chi connectivity index (χ3v) is 7.82. The van der Waals surface area contributed by atoms with E-state index in [9.17, 15) is 9.18 Å². The molecule has 2 aromatic rings. The van der Waals surface area contributed by atoms with Crippen LogP contribution < -0.4 is 0 Å². The quantitative estimate of drug-likeness (QED) is 0.661. The monoisotopic (exact) mass is 447 g/mol. The molecule has 3 aliphatic rings. The number of halogens is 1. The van der Waals surface area contributed by atoms with E-state index in [4.69, 9.17) is 0 Å². The predicted octanol–water partition coefficient (Wildman–Crippen LogP) is 4.29. The molecule has 1 atom stereocenters. The summed E-state index contributed by atoms with van der Waals surface area (Å²) in [6.07, 6.45) is 7.68. The number of rotatable bonds is 6. The van der Waals surface area contributed by atoms with Gasteiger partial charge >= 0.3 is 0 Å². The lowest BCUT2D eigenvalue weighted by Gasteiger charge is -2.36. The standard InChI is InChI=1S/C28H34FN3O/c29-25-10-8-24(9-11-25)22-31-15-12-28(13-16-31)21-26(28)27(33)32-19-17-30(18-20-32)14-4-7-23-5-2-1-3-6-23/h1-11,26H,12-22H2/b7-4+. The van der Waals surface area contributed by atoms with Crippen molar-refractivity contribution in [3.05, 3.63) is 77.6 Å². The van der Waals surface area contributed by atoms with Gasteiger partial charge in [0.15, 0.2) is 0 Å². The summed E-state index contributed by atoms with van der Waals surface area (Å²) >= 11 is 0. The zero-order valence-electron chi connectivity index (χ0n) is 19.3. The Hall–Kier alpha value is -2.50. The van der Waals surface area contributed by atoms with Crippen LogP contribution in [0.3, 0.4) is 0 Å². The van der Waals surface area contributed by atoms with Crippen LogP contribution in [0.5, 0.6) is 0 Å². The van der Waals surface area contributed by atoms with E-state index in [1.807, 2.05) is 18.2 Å². The van der Waals surface area contributed by atoms with Crippen LogP contribution in [0.2, 0.25) is 0 Å². The van der Waals surface area contributed by atoms with E-state index in [1.54, 1.807) is 0 Å². The molecule has 5 rings (SSSR count). The molecular weight excluding hydrogens is 413 g/mol. The van der Waals surface area contributed by atoms with Crippen molar-refractivity contribution in [1.82, 2.24) is 14.7 Å². The minimum Gasteiger partial charge on any atom is -0.340 e. The third-order valence-electron chi connectivity index (χ3n) is 7.82. The van der Waals surface area contributed by atoms with Gasteiger partial charge in [-0.05, 0) is 61.0 Å². The number of piperidine rings is 1. The lowest BCUT2D eigenvalue weighted by molar-refractivity contribution is -0.135. The molecule has 0 N–H and O–H groups in total. The van der Waals surface area contributed by atoms with E-state index in [0.717, 1.165) is 77.2 Å². The first kappa shape index (κ1) is 22.3. The zero-order chi connectivity index (χ0) is 22.7. The molecule has 0 bridgehead atoms. The van der Waals surface area contributed by atoms with E-state index in [1.165, 1.54) is 17.7 Å². The van der Waals surface area contributed by atoms with Gasteiger partial charge in [-0.25, -0.2) is 4.39 Å². The molecule has 2 aromatic carbocycles. The van der Waals surface area contributed by atoms with Crippen LogP contribution in [-0.4, -0.2) is 66.4 Å². The first-order valence-corrected chi connectivity index (χ1v) is 12.3. The van der Waals surface area contributed by atoms with Gasteiger partial charge in [0, 0.05) is 45.2 Å². The van der Waals surface area contributed by atoms with E-state index in [2.05, 4.69) is 51.1 Å². The molecule has 3 fully saturated rings. The predicted molar refractivity (Wildman–Crippen MR) is 130 cm³/mol. The average molecular weight is 448 g/mol. The molecule has 2 heterocycles.